The van der Waals surface area contributed by atoms with Crippen molar-refractivity contribution in [2.45, 2.75) is 33.9 Å². The molecule has 0 spiro atoms. The summed E-state index contributed by atoms with van der Waals surface area (Å²) in [4.78, 5) is 0. The van der Waals surface area contributed by atoms with Gasteiger partial charge in [0, 0.05) is 17.8 Å². The van der Waals surface area contributed by atoms with E-state index < -0.39 is 0 Å². The predicted molar refractivity (Wildman–Crippen MR) is 47.7 cm³/mol. The minimum Gasteiger partial charge on any atom is -0.392 e. The number of nitrogens with zero attached hydrogens (tertiary/aromatic N) is 2. The summed E-state index contributed by atoms with van der Waals surface area (Å²) in [5.74, 6) is 0.593. The number of hydrogen-bond acceptors (Lipinski definition) is 2. The number of hydrogen-bond donors (Lipinski definition) is 1. The van der Waals surface area contributed by atoms with E-state index in [9.17, 15) is 0 Å². The predicted octanol–water partition coefficient (Wildman–Crippen LogP) is 1.34. The van der Waals surface area contributed by atoms with E-state index in [1.165, 1.54) is 0 Å². The summed E-state index contributed by atoms with van der Waals surface area (Å²) < 4.78 is 1.94. The molecular weight excluding hydrogens is 152 g/mol. The van der Waals surface area contributed by atoms with Gasteiger partial charge in [0.05, 0.1) is 12.8 Å². The summed E-state index contributed by atoms with van der Waals surface area (Å²) in [6, 6.07) is 0. The molecule has 1 aromatic rings. The molecule has 0 saturated carbocycles. The van der Waals surface area contributed by atoms with Crippen molar-refractivity contribution < 1.29 is 5.11 Å². The highest BCUT2D eigenvalue weighted by Crippen LogP contribution is 2.08. The van der Waals surface area contributed by atoms with Crippen LogP contribution in [0.3, 0.4) is 0 Å². The smallest absolute Gasteiger partial charge is 0.0715 e. The van der Waals surface area contributed by atoms with E-state index in [1.807, 2.05) is 11.6 Å². The number of aliphatic hydroxyl groups is 1. The molecule has 0 atom stereocenters. The molecule has 0 aliphatic rings. The molecule has 1 rings (SSSR count). The van der Waals surface area contributed by atoms with Crippen LogP contribution < -0.4 is 0 Å². The first-order valence-corrected chi connectivity index (χ1v) is 4.27. The lowest BCUT2D eigenvalue weighted by molar-refractivity contribution is 0.280. The van der Waals surface area contributed by atoms with Crippen molar-refractivity contribution in [3.05, 3.63) is 17.5 Å². The van der Waals surface area contributed by atoms with Gasteiger partial charge in [-0.1, -0.05) is 13.8 Å². The standard InChI is InChI=1S/C9H16N2O/c1-7(2)5-11-8(3)9(6-12)4-10-11/h4,7,12H,5-6H2,1-3H3. The molecule has 3 nitrogen and oxygen atoms in total. The van der Waals surface area contributed by atoms with Crippen molar-refractivity contribution in [2.75, 3.05) is 0 Å². The topological polar surface area (TPSA) is 38.1 Å². The summed E-state index contributed by atoms with van der Waals surface area (Å²) in [7, 11) is 0. The lowest BCUT2D eigenvalue weighted by atomic mass is 10.2. The van der Waals surface area contributed by atoms with Crippen LogP contribution >= 0.6 is 0 Å². The lowest BCUT2D eigenvalue weighted by Gasteiger charge is -2.07. The Bertz CT molecular complexity index is 253. The maximum absolute atomic E-state index is 8.91. The van der Waals surface area contributed by atoms with Crippen LogP contribution in [0, 0.1) is 12.8 Å². The van der Waals surface area contributed by atoms with Crippen LogP contribution in [-0.4, -0.2) is 14.9 Å². The minimum absolute atomic E-state index is 0.0872. The van der Waals surface area contributed by atoms with Gasteiger partial charge in [0.1, 0.15) is 0 Å². The van der Waals surface area contributed by atoms with Crippen LogP contribution in [0.1, 0.15) is 25.1 Å². The van der Waals surface area contributed by atoms with Crippen molar-refractivity contribution in [1.29, 1.82) is 0 Å². The second-order valence-corrected chi connectivity index (χ2v) is 3.49. The Morgan fingerprint density at radius 3 is 2.67 bits per heavy atom. The fraction of sp³-hybridized carbons (Fsp3) is 0.667. The van der Waals surface area contributed by atoms with Crippen LogP contribution in [0.15, 0.2) is 6.20 Å². The van der Waals surface area contributed by atoms with E-state index in [0.29, 0.717) is 5.92 Å². The molecular formula is C9H16N2O. The molecule has 0 aliphatic carbocycles. The molecule has 68 valence electrons. The zero-order valence-corrected chi connectivity index (χ0v) is 7.91. The molecule has 0 bridgehead atoms. The van der Waals surface area contributed by atoms with Gasteiger partial charge in [0.15, 0.2) is 0 Å². The van der Waals surface area contributed by atoms with Crippen molar-refractivity contribution in [1.82, 2.24) is 9.78 Å². The molecule has 0 unspecified atom stereocenters. The van der Waals surface area contributed by atoms with Crippen LogP contribution in [0.2, 0.25) is 0 Å². The second-order valence-electron chi connectivity index (χ2n) is 3.49. The van der Waals surface area contributed by atoms with Gasteiger partial charge < -0.3 is 5.11 Å². The molecule has 0 amide bonds. The maximum Gasteiger partial charge on any atom is 0.0715 e. The van der Waals surface area contributed by atoms with Gasteiger partial charge in [-0.05, 0) is 12.8 Å². The summed E-state index contributed by atoms with van der Waals surface area (Å²) in [5, 5.41) is 13.1. The van der Waals surface area contributed by atoms with E-state index in [1.54, 1.807) is 6.20 Å². The first kappa shape index (κ1) is 9.26. The SMILES string of the molecule is Cc1c(CO)cnn1CC(C)C. The molecule has 0 aliphatic heterocycles. The third kappa shape index (κ3) is 1.85. The Morgan fingerprint density at radius 2 is 2.25 bits per heavy atom. The summed E-state index contributed by atoms with van der Waals surface area (Å²) in [5.41, 5.74) is 2.00. The Balaban J connectivity index is 2.80. The quantitative estimate of drug-likeness (QED) is 0.739. The highest BCUT2D eigenvalue weighted by molar-refractivity contribution is 5.14. The van der Waals surface area contributed by atoms with E-state index in [4.69, 9.17) is 5.11 Å². The molecule has 1 N–H and O–H groups in total. The summed E-state index contributed by atoms with van der Waals surface area (Å²) >= 11 is 0. The van der Waals surface area contributed by atoms with Gasteiger partial charge in [-0.25, -0.2) is 0 Å². The zero-order valence-electron chi connectivity index (χ0n) is 7.91. The van der Waals surface area contributed by atoms with Crippen LogP contribution in [0.4, 0.5) is 0 Å². The van der Waals surface area contributed by atoms with Crippen LogP contribution in [-0.2, 0) is 13.2 Å². The molecule has 0 saturated heterocycles. The van der Waals surface area contributed by atoms with E-state index in [-0.39, 0.29) is 6.61 Å². The number of aliphatic hydroxyl groups excluding tert-OH is 1. The van der Waals surface area contributed by atoms with Crippen molar-refractivity contribution in [3.8, 4) is 0 Å². The third-order valence-corrected chi connectivity index (χ3v) is 1.91. The number of rotatable bonds is 3. The van der Waals surface area contributed by atoms with Crippen LogP contribution in [0.5, 0.6) is 0 Å². The highest BCUT2D eigenvalue weighted by Gasteiger charge is 2.05. The molecule has 0 aromatic carbocycles. The summed E-state index contributed by atoms with van der Waals surface area (Å²) in [6.45, 7) is 7.30. The first-order valence-electron chi connectivity index (χ1n) is 4.27. The monoisotopic (exact) mass is 168 g/mol. The molecule has 1 heterocycles. The average Bonchev–Trinajstić information content (AvgIpc) is 2.32. The highest BCUT2D eigenvalue weighted by atomic mass is 16.3. The van der Waals surface area contributed by atoms with Crippen molar-refractivity contribution in [3.63, 3.8) is 0 Å². The fourth-order valence-corrected chi connectivity index (χ4v) is 1.17. The van der Waals surface area contributed by atoms with E-state index in [2.05, 4.69) is 18.9 Å². The van der Waals surface area contributed by atoms with Gasteiger partial charge in [-0.3, -0.25) is 4.68 Å². The maximum atomic E-state index is 8.91. The Kier molecular flexibility index (Phi) is 2.87. The number of aromatic nitrogens is 2. The Morgan fingerprint density at radius 1 is 1.58 bits per heavy atom. The van der Waals surface area contributed by atoms with Gasteiger partial charge in [0.25, 0.3) is 0 Å². The van der Waals surface area contributed by atoms with Gasteiger partial charge in [0.2, 0.25) is 0 Å². The van der Waals surface area contributed by atoms with Gasteiger partial charge >= 0.3 is 0 Å². The molecule has 1 aromatic heterocycles. The van der Waals surface area contributed by atoms with Gasteiger partial charge in [-0.15, -0.1) is 0 Å². The summed E-state index contributed by atoms with van der Waals surface area (Å²) in [6.07, 6.45) is 1.73. The minimum atomic E-state index is 0.0872. The van der Waals surface area contributed by atoms with E-state index in [0.717, 1.165) is 17.8 Å². The first-order chi connectivity index (χ1) is 5.65. The normalized spacial score (nSPS) is 11.1. The fourth-order valence-electron chi connectivity index (χ4n) is 1.17. The average molecular weight is 168 g/mol. The largest absolute Gasteiger partial charge is 0.392 e. The molecule has 0 fully saturated rings. The molecule has 3 heteroatoms. The Hall–Kier alpha value is -0.830. The van der Waals surface area contributed by atoms with Crippen molar-refractivity contribution >= 4 is 0 Å². The van der Waals surface area contributed by atoms with Crippen LogP contribution in [0.25, 0.3) is 0 Å². The molecule has 0 radical (unpaired) electrons. The second kappa shape index (κ2) is 3.72. The lowest BCUT2D eigenvalue weighted by Crippen LogP contribution is -2.07. The molecule has 12 heavy (non-hydrogen) atoms. The van der Waals surface area contributed by atoms with Crippen molar-refractivity contribution in [2.24, 2.45) is 5.92 Å². The zero-order chi connectivity index (χ0) is 9.14. The van der Waals surface area contributed by atoms with E-state index >= 15 is 0 Å². The van der Waals surface area contributed by atoms with Gasteiger partial charge in [-0.2, -0.15) is 5.10 Å². The Labute approximate surface area is 73.0 Å². The third-order valence-electron chi connectivity index (χ3n) is 1.91.